The van der Waals surface area contributed by atoms with Crippen molar-refractivity contribution in [2.45, 2.75) is 58.1 Å². The van der Waals surface area contributed by atoms with Crippen LogP contribution in [0.4, 0.5) is 4.79 Å². The number of amides is 1. The Bertz CT molecular complexity index is 593. The van der Waals surface area contributed by atoms with Crippen LogP contribution in [0.2, 0.25) is 0 Å². The number of likely N-dealkylation sites (tertiary alicyclic amines) is 1. The molecule has 132 valence electrons. The van der Waals surface area contributed by atoms with Crippen LogP contribution in [0.15, 0.2) is 30.3 Å². The van der Waals surface area contributed by atoms with Crippen LogP contribution in [0.3, 0.4) is 0 Å². The molecule has 1 heterocycles. The minimum absolute atomic E-state index is 0.164. The number of aliphatic carboxylic acids is 1. The molecule has 5 heteroatoms. The molecule has 0 aliphatic carbocycles. The molecule has 2 atom stereocenters. The summed E-state index contributed by atoms with van der Waals surface area (Å²) in [7, 11) is 0. The molecule has 0 bridgehead atoms. The van der Waals surface area contributed by atoms with E-state index in [0.29, 0.717) is 19.4 Å². The Kier molecular flexibility index (Phi) is 5.21. The summed E-state index contributed by atoms with van der Waals surface area (Å²) in [6, 6.07) is 9.46. The lowest BCUT2D eigenvalue weighted by Crippen LogP contribution is -2.55. The Morgan fingerprint density at radius 2 is 1.92 bits per heavy atom. The highest BCUT2D eigenvalue weighted by molar-refractivity contribution is 5.85. The Morgan fingerprint density at radius 3 is 2.42 bits per heavy atom. The minimum atomic E-state index is -1.25. The number of carboxylic acids is 1. The maximum atomic E-state index is 12.7. The quantitative estimate of drug-likeness (QED) is 0.912. The molecule has 0 saturated carbocycles. The van der Waals surface area contributed by atoms with Crippen LogP contribution in [0, 0.1) is 5.92 Å². The lowest BCUT2D eigenvalue weighted by Gasteiger charge is -2.36. The topological polar surface area (TPSA) is 66.8 Å². The number of nitrogens with zero attached hydrogens (tertiary/aromatic N) is 1. The summed E-state index contributed by atoms with van der Waals surface area (Å²) in [5.74, 6) is -0.800. The average Bonchev–Trinajstić information content (AvgIpc) is 2.87. The largest absolute Gasteiger partial charge is 0.479 e. The number of hydrogen-bond donors (Lipinski definition) is 1. The van der Waals surface area contributed by atoms with Gasteiger partial charge < -0.3 is 9.84 Å². The third-order valence-corrected chi connectivity index (χ3v) is 4.51. The Balaban J connectivity index is 2.37. The molecule has 1 aliphatic heterocycles. The molecule has 1 saturated heterocycles. The molecule has 1 aromatic rings. The van der Waals surface area contributed by atoms with Gasteiger partial charge in [-0.15, -0.1) is 0 Å². The Hall–Kier alpha value is -2.04. The van der Waals surface area contributed by atoms with E-state index >= 15 is 0 Å². The summed E-state index contributed by atoms with van der Waals surface area (Å²) < 4.78 is 5.48. The summed E-state index contributed by atoms with van der Waals surface area (Å²) in [4.78, 5) is 26.3. The van der Waals surface area contributed by atoms with Crippen LogP contribution in [0.5, 0.6) is 0 Å². The molecule has 1 aliphatic rings. The number of hydrogen-bond acceptors (Lipinski definition) is 3. The van der Waals surface area contributed by atoms with Crippen LogP contribution in [-0.2, 0) is 16.0 Å². The van der Waals surface area contributed by atoms with Crippen LogP contribution in [0.1, 0.15) is 46.1 Å². The van der Waals surface area contributed by atoms with Gasteiger partial charge in [-0.25, -0.2) is 9.59 Å². The van der Waals surface area contributed by atoms with Crippen molar-refractivity contribution in [3.8, 4) is 0 Å². The summed E-state index contributed by atoms with van der Waals surface area (Å²) in [5.41, 5.74) is -0.992. The van der Waals surface area contributed by atoms with Gasteiger partial charge >= 0.3 is 12.1 Å². The molecule has 2 rings (SSSR count). The number of carbonyl (C=O) groups excluding carboxylic acids is 1. The van der Waals surface area contributed by atoms with Gasteiger partial charge in [-0.3, -0.25) is 4.90 Å². The van der Waals surface area contributed by atoms with Gasteiger partial charge in [-0.1, -0.05) is 43.7 Å². The van der Waals surface area contributed by atoms with Crippen molar-refractivity contribution in [2.24, 2.45) is 5.92 Å². The molecule has 0 radical (unpaired) electrons. The SMILES string of the molecule is CCC1CN(C(=O)OC(C)(C)C)[C@@](Cc2ccccc2)(C(=O)O)C1. The van der Waals surface area contributed by atoms with Crippen LogP contribution < -0.4 is 0 Å². The molecule has 1 fully saturated rings. The van der Waals surface area contributed by atoms with Gasteiger partial charge in [0.05, 0.1) is 0 Å². The number of carboxylic acid groups (broad SMARTS) is 1. The molecular formula is C19H27NO4. The molecule has 24 heavy (non-hydrogen) atoms. The molecule has 1 amide bonds. The van der Waals surface area contributed by atoms with Gasteiger partial charge in [0, 0.05) is 13.0 Å². The standard InChI is InChI=1S/C19H27NO4/c1-5-14-11-19(16(21)22,12-15-9-7-6-8-10-15)20(13-14)17(23)24-18(2,3)4/h6-10,14H,5,11-13H2,1-4H3,(H,21,22)/t14?,19-/m0/s1. The van der Waals surface area contributed by atoms with Gasteiger partial charge in [0.25, 0.3) is 0 Å². The van der Waals surface area contributed by atoms with E-state index in [1.165, 1.54) is 4.90 Å². The second kappa shape index (κ2) is 6.83. The number of ether oxygens (including phenoxy) is 1. The highest BCUT2D eigenvalue weighted by Crippen LogP contribution is 2.39. The van der Waals surface area contributed by atoms with Gasteiger partial charge in [0.2, 0.25) is 0 Å². The normalized spacial score (nSPS) is 24.0. The number of benzene rings is 1. The summed E-state index contributed by atoms with van der Waals surface area (Å²) >= 11 is 0. The summed E-state index contributed by atoms with van der Waals surface area (Å²) in [5, 5.41) is 10.0. The summed E-state index contributed by atoms with van der Waals surface area (Å²) in [6.07, 6.45) is 1.03. The third kappa shape index (κ3) is 3.89. The van der Waals surface area contributed by atoms with E-state index in [1.54, 1.807) is 20.8 Å². The van der Waals surface area contributed by atoms with Crippen LogP contribution >= 0.6 is 0 Å². The van der Waals surface area contributed by atoms with Crippen molar-refractivity contribution in [3.05, 3.63) is 35.9 Å². The van der Waals surface area contributed by atoms with E-state index in [1.807, 2.05) is 37.3 Å². The zero-order valence-electron chi connectivity index (χ0n) is 14.9. The fraction of sp³-hybridized carbons (Fsp3) is 0.579. The second-order valence-corrected chi connectivity index (χ2v) is 7.57. The van der Waals surface area contributed by atoms with E-state index in [2.05, 4.69) is 0 Å². The van der Waals surface area contributed by atoms with Crippen molar-refractivity contribution >= 4 is 12.1 Å². The predicted molar refractivity (Wildman–Crippen MR) is 91.9 cm³/mol. The molecule has 0 aromatic heterocycles. The Labute approximate surface area is 143 Å². The second-order valence-electron chi connectivity index (χ2n) is 7.57. The fourth-order valence-corrected chi connectivity index (χ4v) is 3.30. The van der Waals surface area contributed by atoms with Crippen molar-refractivity contribution in [3.63, 3.8) is 0 Å². The third-order valence-electron chi connectivity index (χ3n) is 4.51. The van der Waals surface area contributed by atoms with Crippen molar-refractivity contribution in [1.29, 1.82) is 0 Å². The highest BCUT2D eigenvalue weighted by atomic mass is 16.6. The molecular weight excluding hydrogens is 306 g/mol. The van der Waals surface area contributed by atoms with E-state index in [9.17, 15) is 14.7 Å². The van der Waals surface area contributed by atoms with Gasteiger partial charge in [0.15, 0.2) is 0 Å². The molecule has 5 nitrogen and oxygen atoms in total. The van der Waals surface area contributed by atoms with Crippen LogP contribution in [0.25, 0.3) is 0 Å². The average molecular weight is 333 g/mol. The highest BCUT2D eigenvalue weighted by Gasteiger charge is 2.54. The monoisotopic (exact) mass is 333 g/mol. The number of carbonyl (C=O) groups is 2. The van der Waals surface area contributed by atoms with E-state index in [0.717, 1.165) is 12.0 Å². The first-order chi connectivity index (χ1) is 11.2. The minimum Gasteiger partial charge on any atom is -0.479 e. The van der Waals surface area contributed by atoms with Crippen molar-refractivity contribution < 1.29 is 19.4 Å². The predicted octanol–water partition coefficient (Wildman–Crippen LogP) is 3.72. The molecule has 0 spiro atoms. The lowest BCUT2D eigenvalue weighted by molar-refractivity contribution is -0.149. The van der Waals surface area contributed by atoms with E-state index in [-0.39, 0.29) is 5.92 Å². The molecule has 1 N–H and O–H groups in total. The molecule has 1 unspecified atom stereocenters. The first kappa shape index (κ1) is 18.3. The fourth-order valence-electron chi connectivity index (χ4n) is 3.30. The molecule has 1 aromatic carbocycles. The first-order valence-electron chi connectivity index (χ1n) is 8.46. The number of rotatable bonds is 4. The van der Waals surface area contributed by atoms with Crippen molar-refractivity contribution in [1.82, 2.24) is 4.90 Å². The Morgan fingerprint density at radius 1 is 1.29 bits per heavy atom. The maximum Gasteiger partial charge on any atom is 0.411 e. The van der Waals surface area contributed by atoms with E-state index in [4.69, 9.17) is 4.74 Å². The van der Waals surface area contributed by atoms with Gasteiger partial charge in [-0.05, 0) is 38.7 Å². The zero-order chi connectivity index (χ0) is 18.0. The first-order valence-corrected chi connectivity index (χ1v) is 8.46. The van der Waals surface area contributed by atoms with Gasteiger partial charge in [-0.2, -0.15) is 0 Å². The summed E-state index contributed by atoms with van der Waals surface area (Å²) in [6.45, 7) is 7.82. The van der Waals surface area contributed by atoms with Crippen LogP contribution in [-0.4, -0.2) is 39.8 Å². The lowest BCUT2D eigenvalue weighted by atomic mass is 9.85. The van der Waals surface area contributed by atoms with Gasteiger partial charge in [0.1, 0.15) is 11.1 Å². The zero-order valence-corrected chi connectivity index (χ0v) is 14.9. The smallest absolute Gasteiger partial charge is 0.411 e. The maximum absolute atomic E-state index is 12.7. The van der Waals surface area contributed by atoms with E-state index < -0.39 is 23.2 Å². The van der Waals surface area contributed by atoms with Crippen molar-refractivity contribution in [2.75, 3.05) is 6.54 Å².